The Morgan fingerprint density at radius 1 is 0.939 bits per heavy atom. The monoisotopic (exact) mass is 673 g/mol. The van der Waals surface area contributed by atoms with E-state index in [2.05, 4.69) is 15.7 Å². The third-order valence-electron chi connectivity index (χ3n) is 8.19. The molecule has 0 radical (unpaired) electrons. The minimum Gasteiger partial charge on any atom is -0.453 e. The number of hydrazine groups is 1. The molecule has 4 rings (SSSR count). The molecular weight excluding hydrogens is 622 g/mol. The van der Waals surface area contributed by atoms with Crippen LogP contribution in [-0.4, -0.2) is 76.2 Å². The van der Waals surface area contributed by atoms with Crippen molar-refractivity contribution in [3.63, 3.8) is 0 Å². The Bertz CT molecular complexity index is 1550. The van der Waals surface area contributed by atoms with Crippen molar-refractivity contribution in [1.82, 2.24) is 25.6 Å². The van der Waals surface area contributed by atoms with Crippen molar-refractivity contribution in [3.05, 3.63) is 90.1 Å². The fourth-order valence-electron chi connectivity index (χ4n) is 5.95. The predicted octanol–water partition coefficient (Wildman–Crippen LogP) is 6.34. The minimum absolute atomic E-state index is 0.231. The maximum atomic E-state index is 13.8. The molecular formula is C38H51N5O6. The molecule has 0 aliphatic carbocycles. The minimum atomic E-state index is -1.02. The number of hydrogen-bond acceptors (Lipinski definition) is 8. The summed E-state index contributed by atoms with van der Waals surface area (Å²) in [6.07, 6.45) is 0.511. The summed E-state index contributed by atoms with van der Waals surface area (Å²) in [5, 5.41) is 4.46. The van der Waals surface area contributed by atoms with Gasteiger partial charge in [0.05, 0.1) is 24.9 Å². The van der Waals surface area contributed by atoms with Crippen LogP contribution in [-0.2, 0) is 32.0 Å². The van der Waals surface area contributed by atoms with Gasteiger partial charge in [-0.3, -0.25) is 20.1 Å². The number of nitrogens with one attached hydrogen (secondary N) is 2. The van der Waals surface area contributed by atoms with Gasteiger partial charge in [-0.05, 0) is 69.7 Å². The molecule has 1 aromatic heterocycles. The summed E-state index contributed by atoms with van der Waals surface area (Å²) in [6.45, 7) is 15.4. The Labute approximate surface area is 290 Å². The van der Waals surface area contributed by atoms with Gasteiger partial charge >= 0.3 is 12.2 Å². The molecule has 1 fully saturated rings. The number of benzene rings is 2. The second kappa shape index (κ2) is 15.4. The lowest BCUT2D eigenvalue weighted by Gasteiger charge is -2.35. The van der Waals surface area contributed by atoms with Gasteiger partial charge in [-0.2, -0.15) is 0 Å². The van der Waals surface area contributed by atoms with Crippen LogP contribution < -0.4 is 10.7 Å². The van der Waals surface area contributed by atoms with Gasteiger partial charge in [0.25, 0.3) is 5.91 Å². The van der Waals surface area contributed by atoms with Crippen molar-refractivity contribution in [2.75, 3.05) is 13.7 Å². The number of carbonyl (C=O) groups excluding carboxylic acids is 3. The highest BCUT2D eigenvalue weighted by Gasteiger charge is 2.51. The summed E-state index contributed by atoms with van der Waals surface area (Å²) in [6, 6.07) is 22.3. The van der Waals surface area contributed by atoms with E-state index in [0.717, 1.165) is 22.4 Å². The lowest BCUT2D eigenvalue weighted by Crippen LogP contribution is -2.58. The smallest absolute Gasteiger partial charge is 0.412 e. The summed E-state index contributed by atoms with van der Waals surface area (Å²) in [4.78, 5) is 46.0. The number of hydrogen-bond donors (Lipinski definition) is 2. The molecule has 0 bridgehead atoms. The van der Waals surface area contributed by atoms with Crippen molar-refractivity contribution in [3.8, 4) is 11.3 Å². The normalized spacial score (nSPS) is 18.1. The second-order valence-corrected chi connectivity index (χ2v) is 14.9. The second-order valence-electron chi connectivity index (χ2n) is 14.9. The van der Waals surface area contributed by atoms with Gasteiger partial charge in [0.15, 0.2) is 0 Å². The quantitative estimate of drug-likeness (QED) is 0.239. The van der Waals surface area contributed by atoms with Crippen LogP contribution >= 0.6 is 0 Å². The average Bonchev–Trinajstić information content (AvgIpc) is 3.27. The van der Waals surface area contributed by atoms with E-state index in [0.29, 0.717) is 13.0 Å². The summed E-state index contributed by atoms with van der Waals surface area (Å²) in [5.41, 5.74) is 4.50. The molecule has 3 amide bonds. The fraction of sp³-hybridized carbons (Fsp3) is 0.474. The number of carbonyl (C=O) groups is 3. The molecule has 1 aliphatic heterocycles. The van der Waals surface area contributed by atoms with E-state index in [1.54, 1.807) is 16.1 Å². The Hall–Kier alpha value is -4.48. The molecule has 3 aromatic rings. The SMILES string of the molecule is COC(=O)N[C@H](C(=O)NN(Cc1ccccc1)C[C@@H]1OC(C)(C)N(C(=O)OC(C)(C)C)[C@H]1Cc1ccc(-c2ccccn2)cc1)C(C)(C)C. The van der Waals surface area contributed by atoms with Gasteiger partial charge in [-0.15, -0.1) is 0 Å². The van der Waals surface area contributed by atoms with E-state index < -0.39 is 53.0 Å². The summed E-state index contributed by atoms with van der Waals surface area (Å²) in [7, 11) is 1.26. The van der Waals surface area contributed by atoms with Crippen LogP contribution in [0.1, 0.15) is 66.5 Å². The van der Waals surface area contributed by atoms with E-state index >= 15 is 0 Å². The number of ether oxygens (including phenoxy) is 3. The molecule has 0 unspecified atom stereocenters. The van der Waals surface area contributed by atoms with Crippen LogP contribution in [0, 0.1) is 5.41 Å². The standard InChI is InChI=1S/C38H51N5O6/c1-36(2,3)32(40-34(45)47-9)33(44)41-42(24-27-15-11-10-12-16-27)25-31-30(43(38(7,8)48-31)35(46)49-37(4,5)6)23-26-18-20-28(21-19-26)29-17-13-14-22-39-29/h10-22,30-32H,23-25H2,1-9H3,(H,40,45)(H,41,44)/t30-,31-,32+/m0/s1. The number of aromatic nitrogens is 1. The van der Waals surface area contributed by atoms with Crippen LogP contribution in [0.3, 0.4) is 0 Å². The first-order valence-electron chi connectivity index (χ1n) is 16.6. The molecule has 49 heavy (non-hydrogen) atoms. The average molecular weight is 674 g/mol. The highest BCUT2D eigenvalue weighted by molar-refractivity contribution is 5.86. The molecule has 0 saturated carbocycles. The zero-order valence-electron chi connectivity index (χ0n) is 30.2. The van der Waals surface area contributed by atoms with Gasteiger partial charge in [-0.25, -0.2) is 14.6 Å². The summed E-state index contributed by atoms with van der Waals surface area (Å²) < 4.78 is 17.4. The summed E-state index contributed by atoms with van der Waals surface area (Å²) >= 11 is 0. The van der Waals surface area contributed by atoms with E-state index in [9.17, 15) is 14.4 Å². The van der Waals surface area contributed by atoms with Gasteiger partial charge in [0.1, 0.15) is 17.4 Å². The number of pyridine rings is 1. The first kappa shape index (κ1) is 37.3. The fourth-order valence-corrected chi connectivity index (χ4v) is 5.95. The lowest BCUT2D eigenvalue weighted by molar-refractivity contribution is -0.132. The van der Waals surface area contributed by atoms with E-state index in [-0.39, 0.29) is 6.54 Å². The highest BCUT2D eigenvalue weighted by Crippen LogP contribution is 2.36. The van der Waals surface area contributed by atoms with Crippen LogP contribution in [0.2, 0.25) is 0 Å². The van der Waals surface area contributed by atoms with Crippen LogP contribution in [0.25, 0.3) is 11.3 Å². The molecule has 264 valence electrons. The molecule has 1 saturated heterocycles. The Balaban J connectivity index is 1.68. The first-order valence-corrected chi connectivity index (χ1v) is 16.6. The molecule has 2 aromatic carbocycles. The maximum absolute atomic E-state index is 13.8. The zero-order valence-corrected chi connectivity index (χ0v) is 30.2. The molecule has 1 aliphatic rings. The number of rotatable bonds is 10. The van der Waals surface area contributed by atoms with Gasteiger partial charge < -0.3 is 19.5 Å². The van der Waals surface area contributed by atoms with E-state index in [1.807, 2.05) is 128 Å². The molecule has 0 spiro atoms. The van der Waals surface area contributed by atoms with Gasteiger partial charge in [0.2, 0.25) is 0 Å². The molecule has 3 atom stereocenters. The van der Waals surface area contributed by atoms with Crippen LogP contribution in [0.15, 0.2) is 79.0 Å². The molecule has 11 nitrogen and oxygen atoms in total. The van der Waals surface area contributed by atoms with Gasteiger partial charge in [-0.1, -0.05) is 81.4 Å². The van der Waals surface area contributed by atoms with Crippen molar-refractivity contribution in [2.24, 2.45) is 5.41 Å². The van der Waals surface area contributed by atoms with Crippen molar-refractivity contribution < 1.29 is 28.6 Å². The maximum Gasteiger partial charge on any atom is 0.412 e. The first-order chi connectivity index (χ1) is 23.0. The summed E-state index contributed by atoms with van der Waals surface area (Å²) in [5.74, 6) is -0.406. The predicted molar refractivity (Wildman–Crippen MR) is 188 cm³/mol. The number of amides is 3. The third-order valence-corrected chi connectivity index (χ3v) is 8.19. The molecule has 2 heterocycles. The highest BCUT2D eigenvalue weighted by atomic mass is 16.6. The van der Waals surface area contributed by atoms with E-state index in [1.165, 1.54) is 7.11 Å². The Morgan fingerprint density at radius 3 is 2.16 bits per heavy atom. The molecule has 11 heteroatoms. The largest absolute Gasteiger partial charge is 0.453 e. The van der Waals surface area contributed by atoms with Crippen molar-refractivity contribution in [1.29, 1.82) is 0 Å². The topological polar surface area (TPSA) is 122 Å². The van der Waals surface area contributed by atoms with Crippen molar-refractivity contribution >= 4 is 18.1 Å². The van der Waals surface area contributed by atoms with Gasteiger partial charge in [0, 0.05) is 24.8 Å². The van der Waals surface area contributed by atoms with E-state index in [4.69, 9.17) is 14.2 Å². The Morgan fingerprint density at radius 2 is 1.59 bits per heavy atom. The number of alkyl carbamates (subject to hydrolysis) is 1. The van der Waals surface area contributed by atoms with Crippen LogP contribution in [0.5, 0.6) is 0 Å². The lowest BCUT2D eigenvalue weighted by atomic mass is 9.86. The number of methoxy groups -OCH3 is 1. The third kappa shape index (κ3) is 10.3. The molecule has 2 N–H and O–H groups in total. The van der Waals surface area contributed by atoms with Crippen LogP contribution in [0.4, 0.5) is 9.59 Å². The van der Waals surface area contributed by atoms with Crippen molar-refractivity contribution in [2.45, 2.75) is 97.9 Å². The zero-order chi connectivity index (χ0) is 36.0. The Kier molecular flexibility index (Phi) is 11.7. The number of nitrogens with zero attached hydrogens (tertiary/aromatic N) is 3.